The molecule has 2 N–H and O–H groups in total. The van der Waals surface area contributed by atoms with E-state index in [-0.39, 0.29) is 24.4 Å². The van der Waals surface area contributed by atoms with Crippen molar-refractivity contribution in [3.8, 4) is 5.75 Å². The fourth-order valence-electron chi connectivity index (χ4n) is 2.87. The van der Waals surface area contributed by atoms with Crippen LogP contribution < -0.4 is 10.5 Å². The Kier molecular flexibility index (Phi) is 4.82. The lowest BCUT2D eigenvalue weighted by molar-refractivity contribution is 0.356. The van der Waals surface area contributed by atoms with Crippen molar-refractivity contribution >= 4 is 22.4 Å². The normalized spacial score (nSPS) is 23.2. The fraction of sp³-hybridized carbons (Fsp3) is 0.571. The van der Waals surface area contributed by atoms with Crippen LogP contribution in [0.15, 0.2) is 23.1 Å². The van der Waals surface area contributed by atoms with Gasteiger partial charge in [-0.1, -0.05) is 0 Å². The smallest absolute Gasteiger partial charge is 0.243 e. The highest BCUT2D eigenvalue weighted by Crippen LogP contribution is 2.31. The Hall–Kier alpha value is -0.820. The molecule has 0 aromatic heterocycles. The molecule has 0 radical (unpaired) electrons. The van der Waals surface area contributed by atoms with Gasteiger partial charge in [-0.3, -0.25) is 0 Å². The SMILES string of the molecule is CC(N)C1CCN(S(=O)(=O)c2ccc3c(c2)CCO3)C1.Cl. The van der Waals surface area contributed by atoms with Crippen molar-refractivity contribution < 1.29 is 13.2 Å². The molecule has 7 heteroatoms. The monoisotopic (exact) mass is 332 g/mol. The zero-order valence-corrected chi connectivity index (χ0v) is 13.6. The fourth-order valence-corrected chi connectivity index (χ4v) is 4.44. The number of hydrogen-bond donors (Lipinski definition) is 1. The van der Waals surface area contributed by atoms with Crippen LogP contribution in [0.25, 0.3) is 0 Å². The molecule has 2 heterocycles. The Morgan fingerprint density at radius 2 is 2.19 bits per heavy atom. The number of fused-ring (bicyclic) bond motifs is 1. The predicted molar refractivity (Wildman–Crippen MR) is 83.4 cm³/mol. The molecule has 5 nitrogen and oxygen atoms in total. The first kappa shape index (κ1) is 16.5. The summed E-state index contributed by atoms with van der Waals surface area (Å²) in [5, 5.41) is 0. The van der Waals surface area contributed by atoms with E-state index in [1.807, 2.05) is 6.92 Å². The third kappa shape index (κ3) is 3.04. The van der Waals surface area contributed by atoms with Crippen LogP contribution in [0.1, 0.15) is 18.9 Å². The second kappa shape index (κ2) is 6.12. The molecule has 118 valence electrons. The second-order valence-corrected chi connectivity index (χ2v) is 7.58. The van der Waals surface area contributed by atoms with Crippen molar-refractivity contribution in [2.24, 2.45) is 11.7 Å². The molecular weight excluding hydrogens is 312 g/mol. The summed E-state index contributed by atoms with van der Waals surface area (Å²) >= 11 is 0. The maximum atomic E-state index is 12.6. The van der Waals surface area contributed by atoms with Crippen molar-refractivity contribution in [1.82, 2.24) is 4.31 Å². The van der Waals surface area contributed by atoms with Crippen molar-refractivity contribution in [3.63, 3.8) is 0 Å². The molecular formula is C14H21ClN2O3S. The Balaban J connectivity index is 0.00000161. The molecule has 3 rings (SSSR count). The Morgan fingerprint density at radius 1 is 1.43 bits per heavy atom. The molecule has 2 atom stereocenters. The Labute approximate surface area is 131 Å². The molecule has 1 aromatic carbocycles. The largest absolute Gasteiger partial charge is 0.493 e. The maximum absolute atomic E-state index is 12.6. The topological polar surface area (TPSA) is 72.6 Å². The van der Waals surface area contributed by atoms with Crippen molar-refractivity contribution in [3.05, 3.63) is 23.8 Å². The van der Waals surface area contributed by atoms with Crippen LogP contribution in [0.2, 0.25) is 0 Å². The van der Waals surface area contributed by atoms with Gasteiger partial charge in [-0.2, -0.15) is 4.31 Å². The van der Waals surface area contributed by atoms with E-state index in [9.17, 15) is 8.42 Å². The molecule has 0 aliphatic carbocycles. The lowest BCUT2D eigenvalue weighted by Gasteiger charge is -2.18. The lowest BCUT2D eigenvalue weighted by atomic mass is 10.0. The van der Waals surface area contributed by atoms with E-state index in [0.717, 1.165) is 24.2 Å². The van der Waals surface area contributed by atoms with Gasteiger partial charge in [-0.15, -0.1) is 12.4 Å². The number of nitrogens with two attached hydrogens (primary N) is 1. The zero-order chi connectivity index (χ0) is 14.3. The molecule has 0 bridgehead atoms. The minimum atomic E-state index is -3.40. The molecule has 0 amide bonds. The average Bonchev–Trinajstić information content (AvgIpc) is 3.07. The second-order valence-electron chi connectivity index (χ2n) is 5.64. The number of hydrogen-bond acceptors (Lipinski definition) is 4. The molecule has 2 unspecified atom stereocenters. The van der Waals surface area contributed by atoms with E-state index in [4.69, 9.17) is 10.5 Å². The van der Waals surface area contributed by atoms with Gasteiger partial charge in [0.15, 0.2) is 0 Å². The van der Waals surface area contributed by atoms with E-state index < -0.39 is 10.0 Å². The van der Waals surface area contributed by atoms with E-state index >= 15 is 0 Å². The first-order valence-corrected chi connectivity index (χ1v) is 8.44. The van der Waals surface area contributed by atoms with Gasteiger partial charge < -0.3 is 10.5 Å². The van der Waals surface area contributed by atoms with Crippen LogP contribution in [-0.2, 0) is 16.4 Å². The number of benzene rings is 1. The van der Waals surface area contributed by atoms with Gasteiger partial charge in [0.05, 0.1) is 11.5 Å². The third-order valence-electron chi connectivity index (χ3n) is 4.23. The Bertz CT molecular complexity index is 619. The minimum absolute atomic E-state index is 0. The molecule has 2 aliphatic rings. The highest BCUT2D eigenvalue weighted by molar-refractivity contribution is 7.89. The van der Waals surface area contributed by atoms with E-state index in [2.05, 4.69) is 0 Å². The molecule has 1 fully saturated rings. The highest BCUT2D eigenvalue weighted by Gasteiger charge is 2.34. The summed E-state index contributed by atoms with van der Waals surface area (Å²) in [6.07, 6.45) is 1.62. The van der Waals surface area contributed by atoms with E-state index in [1.165, 1.54) is 0 Å². The summed E-state index contributed by atoms with van der Waals surface area (Å²) in [4.78, 5) is 0.368. The van der Waals surface area contributed by atoms with Gasteiger partial charge in [-0.05, 0) is 43.0 Å². The zero-order valence-electron chi connectivity index (χ0n) is 12.0. The highest BCUT2D eigenvalue weighted by atomic mass is 35.5. The van der Waals surface area contributed by atoms with Crippen molar-refractivity contribution in [2.75, 3.05) is 19.7 Å². The van der Waals surface area contributed by atoms with Gasteiger partial charge in [0, 0.05) is 25.6 Å². The van der Waals surface area contributed by atoms with Crippen LogP contribution in [0.3, 0.4) is 0 Å². The molecule has 21 heavy (non-hydrogen) atoms. The number of rotatable bonds is 3. The summed E-state index contributed by atoms with van der Waals surface area (Å²) in [5.41, 5.74) is 6.86. The average molecular weight is 333 g/mol. The number of sulfonamides is 1. The molecule has 1 saturated heterocycles. The van der Waals surface area contributed by atoms with Crippen LogP contribution in [-0.4, -0.2) is 38.5 Å². The summed E-state index contributed by atoms with van der Waals surface area (Å²) in [6, 6.07) is 5.17. The minimum Gasteiger partial charge on any atom is -0.493 e. The number of nitrogens with zero attached hydrogens (tertiary/aromatic N) is 1. The van der Waals surface area contributed by atoms with Gasteiger partial charge >= 0.3 is 0 Å². The van der Waals surface area contributed by atoms with Gasteiger partial charge in [0.25, 0.3) is 0 Å². The van der Waals surface area contributed by atoms with Crippen molar-refractivity contribution in [2.45, 2.75) is 30.7 Å². The summed E-state index contributed by atoms with van der Waals surface area (Å²) < 4.78 is 32.3. The van der Waals surface area contributed by atoms with Gasteiger partial charge in [0.2, 0.25) is 10.0 Å². The summed E-state index contributed by atoms with van der Waals surface area (Å²) in [7, 11) is -3.40. The number of ether oxygens (including phenoxy) is 1. The van der Waals surface area contributed by atoms with Crippen LogP contribution in [0.5, 0.6) is 5.75 Å². The van der Waals surface area contributed by atoms with E-state index in [1.54, 1.807) is 22.5 Å². The van der Waals surface area contributed by atoms with Crippen LogP contribution >= 0.6 is 12.4 Å². The van der Waals surface area contributed by atoms with Crippen molar-refractivity contribution in [1.29, 1.82) is 0 Å². The van der Waals surface area contributed by atoms with E-state index in [0.29, 0.717) is 24.6 Å². The Morgan fingerprint density at radius 3 is 2.86 bits per heavy atom. The quantitative estimate of drug-likeness (QED) is 0.908. The number of halogens is 1. The molecule has 0 spiro atoms. The third-order valence-corrected chi connectivity index (χ3v) is 6.09. The van der Waals surface area contributed by atoms with Gasteiger partial charge in [-0.25, -0.2) is 8.42 Å². The maximum Gasteiger partial charge on any atom is 0.243 e. The van der Waals surface area contributed by atoms with Gasteiger partial charge in [0.1, 0.15) is 5.75 Å². The first-order chi connectivity index (χ1) is 9.48. The van der Waals surface area contributed by atoms with Crippen LogP contribution in [0.4, 0.5) is 0 Å². The molecule has 1 aromatic rings. The first-order valence-electron chi connectivity index (χ1n) is 7.00. The lowest BCUT2D eigenvalue weighted by Crippen LogP contribution is -2.33. The molecule has 0 saturated carbocycles. The van der Waals surface area contributed by atoms with Crippen LogP contribution in [0, 0.1) is 5.92 Å². The summed E-state index contributed by atoms with van der Waals surface area (Å²) in [5.74, 6) is 1.06. The standard InChI is InChI=1S/C14H20N2O3S.ClH/c1-10(15)12-4-6-16(9-12)20(17,18)13-2-3-14-11(8-13)5-7-19-14;/h2-3,8,10,12H,4-7,9,15H2,1H3;1H. The molecule has 2 aliphatic heterocycles. The predicted octanol–water partition coefficient (Wildman–Crippen LogP) is 1.40. The summed E-state index contributed by atoms with van der Waals surface area (Å²) in [6.45, 7) is 3.65.